The number of hydrogen-bond donors (Lipinski definition) is 1. The Labute approximate surface area is 172 Å². The van der Waals surface area contributed by atoms with E-state index in [-0.39, 0.29) is 5.91 Å². The number of fused-ring (bicyclic) bond motifs is 1. The monoisotopic (exact) mass is 394 g/mol. The maximum Gasteiger partial charge on any atom is 0.253 e. The van der Waals surface area contributed by atoms with E-state index in [9.17, 15) is 4.79 Å². The maximum absolute atomic E-state index is 13.1. The third-order valence-corrected chi connectivity index (χ3v) is 6.55. The standard InChI is InChI=1S/C22H30N6O/c29-22(17-6-8-18(9-7-17)26-12-3-4-13-26)27-14-10-20-24-25-21(28(20)16-15-27)19-5-1-2-11-23-19/h6-9,19,23H,1-5,10-16H2. The van der Waals surface area contributed by atoms with Crippen LogP contribution in [0.25, 0.3) is 0 Å². The smallest absolute Gasteiger partial charge is 0.253 e. The van der Waals surface area contributed by atoms with Gasteiger partial charge in [-0.25, -0.2) is 0 Å². The minimum absolute atomic E-state index is 0.119. The molecule has 0 radical (unpaired) electrons. The van der Waals surface area contributed by atoms with Crippen molar-refractivity contribution < 1.29 is 4.79 Å². The number of rotatable bonds is 3. The summed E-state index contributed by atoms with van der Waals surface area (Å²) < 4.78 is 2.24. The molecule has 7 heteroatoms. The Morgan fingerprint density at radius 2 is 1.76 bits per heavy atom. The summed E-state index contributed by atoms with van der Waals surface area (Å²) >= 11 is 0. The van der Waals surface area contributed by atoms with E-state index in [1.807, 2.05) is 17.0 Å². The normalized spacial score (nSPS) is 22.4. The predicted octanol–water partition coefficient (Wildman–Crippen LogP) is 2.39. The Kier molecular flexibility index (Phi) is 5.23. The average Bonchev–Trinajstić information content (AvgIpc) is 3.41. The number of anilines is 1. The van der Waals surface area contributed by atoms with Crippen LogP contribution in [0.4, 0.5) is 5.69 Å². The highest BCUT2D eigenvalue weighted by atomic mass is 16.2. The summed E-state index contributed by atoms with van der Waals surface area (Å²) in [6, 6.07) is 8.46. The Bertz CT molecular complexity index is 849. The molecule has 1 N–H and O–H groups in total. The first kappa shape index (κ1) is 18.6. The van der Waals surface area contributed by atoms with E-state index in [1.54, 1.807) is 0 Å². The van der Waals surface area contributed by atoms with Crippen LogP contribution < -0.4 is 10.2 Å². The van der Waals surface area contributed by atoms with Gasteiger partial charge in [0.05, 0.1) is 6.04 Å². The van der Waals surface area contributed by atoms with Crippen molar-refractivity contribution in [1.82, 2.24) is 25.0 Å². The molecule has 3 aliphatic heterocycles. The number of nitrogens with one attached hydrogen (secondary N) is 1. The van der Waals surface area contributed by atoms with Gasteiger partial charge in [-0.3, -0.25) is 4.79 Å². The van der Waals surface area contributed by atoms with E-state index in [4.69, 9.17) is 0 Å². The molecule has 2 fully saturated rings. The van der Waals surface area contributed by atoms with Gasteiger partial charge in [0.25, 0.3) is 5.91 Å². The molecule has 4 heterocycles. The van der Waals surface area contributed by atoms with Crippen LogP contribution in [0.1, 0.15) is 60.2 Å². The fourth-order valence-electron chi connectivity index (χ4n) is 4.85. The molecule has 2 aromatic rings. The molecule has 0 saturated carbocycles. The van der Waals surface area contributed by atoms with Crippen molar-refractivity contribution in [2.45, 2.75) is 51.1 Å². The molecule has 1 unspecified atom stereocenters. The highest BCUT2D eigenvalue weighted by Crippen LogP contribution is 2.24. The van der Waals surface area contributed by atoms with Crippen molar-refractivity contribution >= 4 is 11.6 Å². The third kappa shape index (κ3) is 3.75. The molecule has 154 valence electrons. The lowest BCUT2D eigenvalue weighted by Crippen LogP contribution is -2.34. The second kappa shape index (κ2) is 8.14. The van der Waals surface area contributed by atoms with E-state index >= 15 is 0 Å². The molecule has 7 nitrogen and oxygen atoms in total. The lowest BCUT2D eigenvalue weighted by Gasteiger charge is -2.24. The van der Waals surface area contributed by atoms with Crippen molar-refractivity contribution in [3.05, 3.63) is 41.5 Å². The van der Waals surface area contributed by atoms with Gasteiger partial charge in [-0.1, -0.05) is 6.42 Å². The van der Waals surface area contributed by atoms with E-state index in [1.165, 1.54) is 31.4 Å². The molecule has 2 saturated heterocycles. The lowest BCUT2D eigenvalue weighted by molar-refractivity contribution is 0.0758. The van der Waals surface area contributed by atoms with Crippen LogP contribution in [-0.4, -0.2) is 58.3 Å². The first-order valence-electron chi connectivity index (χ1n) is 11.1. The van der Waals surface area contributed by atoms with Gasteiger partial charge < -0.3 is 19.7 Å². The highest BCUT2D eigenvalue weighted by molar-refractivity contribution is 5.94. The van der Waals surface area contributed by atoms with Crippen molar-refractivity contribution in [2.24, 2.45) is 0 Å². The van der Waals surface area contributed by atoms with Gasteiger partial charge in [-0.2, -0.15) is 0 Å². The largest absolute Gasteiger partial charge is 0.372 e. The summed E-state index contributed by atoms with van der Waals surface area (Å²) in [6.07, 6.45) is 6.86. The lowest BCUT2D eigenvalue weighted by atomic mass is 10.0. The third-order valence-electron chi connectivity index (χ3n) is 6.55. The molecule has 1 aromatic carbocycles. The van der Waals surface area contributed by atoms with Crippen LogP contribution in [0.15, 0.2) is 24.3 Å². The van der Waals surface area contributed by atoms with E-state index < -0.39 is 0 Å². The minimum Gasteiger partial charge on any atom is -0.372 e. The molecular weight excluding hydrogens is 364 g/mol. The molecule has 0 aliphatic carbocycles. The molecule has 5 rings (SSSR count). The summed E-state index contributed by atoms with van der Waals surface area (Å²) in [5.74, 6) is 2.17. The number of carbonyl (C=O) groups excluding carboxylic acids is 1. The molecule has 1 atom stereocenters. The zero-order valence-electron chi connectivity index (χ0n) is 17.0. The topological polar surface area (TPSA) is 66.3 Å². The first-order valence-corrected chi connectivity index (χ1v) is 11.1. The van der Waals surface area contributed by atoms with Gasteiger partial charge in [0.1, 0.15) is 11.6 Å². The number of amides is 1. The molecule has 1 aromatic heterocycles. The zero-order valence-corrected chi connectivity index (χ0v) is 17.0. The highest BCUT2D eigenvalue weighted by Gasteiger charge is 2.26. The Morgan fingerprint density at radius 1 is 0.931 bits per heavy atom. The maximum atomic E-state index is 13.1. The number of aromatic nitrogens is 3. The second-order valence-electron chi connectivity index (χ2n) is 8.41. The number of piperidine rings is 1. The van der Waals surface area contributed by atoms with E-state index in [0.29, 0.717) is 19.1 Å². The zero-order chi connectivity index (χ0) is 19.6. The fraction of sp³-hybridized carbons (Fsp3) is 0.591. The Hall–Kier alpha value is -2.41. The van der Waals surface area contributed by atoms with Gasteiger partial charge in [-0.15, -0.1) is 10.2 Å². The van der Waals surface area contributed by atoms with Gasteiger partial charge in [-0.05, 0) is 56.5 Å². The van der Waals surface area contributed by atoms with Crippen molar-refractivity contribution in [3.8, 4) is 0 Å². The Balaban J connectivity index is 1.26. The van der Waals surface area contributed by atoms with Crippen LogP contribution in [0.5, 0.6) is 0 Å². The predicted molar refractivity (Wildman–Crippen MR) is 112 cm³/mol. The summed E-state index contributed by atoms with van der Waals surface area (Å²) in [6.45, 7) is 5.47. The molecule has 0 bridgehead atoms. The number of carbonyl (C=O) groups is 1. The molecule has 0 spiro atoms. The van der Waals surface area contributed by atoms with E-state index in [2.05, 4.69) is 37.1 Å². The number of hydrogen-bond acceptors (Lipinski definition) is 5. The van der Waals surface area contributed by atoms with Crippen molar-refractivity contribution in [1.29, 1.82) is 0 Å². The van der Waals surface area contributed by atoms with Crippen LogP contribution in [0, 0.1) is 0 Å². The van der Waals surface area contributed by atoms with Crippen molar-refractivity contribution in [3.63, 3.8) is 0 Å². The van der Waals surface area contributed by atoms with Crippen LogP contribution in [0.3, 0.4) is 0 Å². The minimum atomic E-state index is 0.119. The second-order valence-corrected chi connectivity index (χ2v) is 8.41. The fourth-order valence-corrected chi connectivity index (χ4v) is 4.85. The average molecular weight is 395 g/mol. The van der Waals surface area contributed by atoms with Crippen LogP contribution in [0.2, 0.25) is 0 Å². The van der Waals surface area contributed by atoms with Gasteiger partial charge in [0.15, 0.2) is 0 Å². The first-order chi connectivity index (χ1) is 14.3. The molecule has 29 heavy (non-hydrogen) atoms. The summed E-state index contributed by atoms with van der Waals surface area (Å²) in [5.41, 5.74) is 2.01. The molecular formula is C22H30N6O. The van der Waals surface area contributed by atoms with Crippen molar-refractivity contribution in [2.75, 3.05) is 37.6 Å². The summed E-state index contributed by atoms with van der Waals surface area (Å²) in [7, 11) is 0. The van der Waals surface area contributed by atoms with Gasteiger partial charge in [0, 0.05) is 50.4 Å². The Morgan fingerprint density at radius 3 is 2.52 bits per heavy atom. The molecule has 1 amide bonds. The summed E-state index contributed by atoms with van der Waals surface area (Å²) in [4.78, 5) is 17.5. The van der Waals surface area contributed by atoms with Crippen LogP contribution in [-0.2, 0) is 13.0 Å². The summed E-state index contributed by atoms with van der Waals surface area (Å²) in [5, 5.41) is 12.5. The number of nitrogens with zero attached hydrogens (tertiary/aromatic N) is 5. The van der Waals surface area contributed by atoms with Gasteiger partial charge in [0.2, 0.25) is 0 Å². The number of benzene rings is 1. The molecule has 3 aliphatic rings. The SMILES string of the molecule is O=C(c1ccc(N2CCCC2)cc1)N1CCc2nnc(C3CCCCN3)n2CC1. The van der Waals surface area contributed by atoms with Crippen LogP contribution >= 0.6 is 0 Å². The van der Waals surface area contributed by atoms with E-state index in [0.717, 1.165) is 56.2 Å². The quantitative estimate of drug-likeness (QED) is 0.866. The van der Waals surface area contributed by atoms with Gasteiger partial charge >= 0.3 is 0 Å².